The number of benzene rings is 2. The molecular weight excluding hydrogens is 376 g/mol. The number of rotatable bonds is 4. The first kappa shape index (κ1) is 18.9. The van der Waals surface area contributed by atoms with Crippen molar-refractivity contribution in [3.05, 3.63) is 64.4 Å². The predicted molar refractivity (Wildman–Crippen MR) is 117 cm³/mol. The van der Waals surface area contributed by atoms with E-state index in [-0.39, 0.29) is 18.2 Å². The molecule has 2 amide bonds. The van der Waals surface area contributed by atoms with Gasteiger partial charge in [0.15, 0.2) is 0 Å². The number of amides is 2. The van der Waals surface area contributed by atoms with Gasteiger partial charge in [-0.1, -0.05) is 6.07 Å². The number of nitrogens with zero attached hydrogens (tertiary/aromatic N) is 1. The Kier molecular flexibility index (Phi) is 4.81. The SMILES string of the molecule is Cc1c(NC(=O)Cc2coc3cc4c(cc23)CCC4)cccc1C(=O)N1CCCC1. The second-order valence-corrected chi connectivity index (χ2v) is 8.43. The zero-order valence-electron chi connectivity index (χ0n) is 17.3. The second kappa shape index (κ2) is 7.63. The van der Waals surface area contributed by atoms with Crippen molar-refractivity contribution < 1.29 is 14.0 Å². The molecule has 1 fully saturated rings. The molecule has 2 aliphatic rings. The van der Waals surface area contributed by atoms with Gasteiger partial charge < -0.3 is 14.6 Å². The molecule has 3 aromatic rings. The highest BCUT2D eigenvalue weighted by molar-refractivity contribution is 6.00. The normalized spacial score (nSPS) is 15.6. The molecule has 1 N–H and O–H groups in total. The van der Waals surface area contributed by atoms with E-state index in [1.807, 2.05) is 30.0 Å². The summed E-state index contributed by atoms with van der Waals surface area (Å²) < 4.78 is 5.73. The summed E-state index contributed by atoms with van der Waals surface area (Å²) in [5.41, 5.74) is 6.67. The van der Waals surface area contributed by atoms with Crippen LogP contribution in [0.4, 0.5) is 5.69 Å². The number of hydrogen-bond donors (Lipinski definition) is 1. The maximum atomic E-state index is 12.8. The van der Waals surface area contributed by atoms with E-state index < -0.39 is 0 Å². The summed E-state index contributed by atoms with van der Waals surface area (Å²) in [5, 5.41) is 4.03. The average molecular weight is 402 g/mol. The summed E-state index contributed by atoms with van der Waals surface area (Å²) in [7, 11) is 0. The van der Waals surface area contributed by atoms with Gasteiger partial charge in [-0.05, 0) is 80.0 Å². The first-order valence-electron chi connectivity index (χ1n) is 10.8. The maximum absolute atomic E-state index is 12.8. The molecule has 0 radical (unpaired) electrons. The van der Waals surface area contributed by atoms with E-state index in [4.69, 9.17) is 4.42 Å². The van der Waals surface area contributed by atoms with Gasteiger partial charge in [0.05, 0.1) is 12.7 Å². The van der Waals surface area contributed by atoms with E-state index in [0.717, 1.165) is 60.9 Å². The lowest BCUT2D eigenvalue weighted by Crippen LogP contribution is -2.28. The molecule has 1 aliphatic heterocycles. The standard InChI is InChI=1S/C25H26N2O3/c1-16-20(25(29)27-10-2-3-11-27)8-5-9-22(16)26-24(28)14-19-15-30-23-13-18-7-4-6-17(18)12-21(19)23/h5,8-9,12-13,15H,2-4,6-7,10-11,14H2,1H3,(H,26,28). The summed E-state index contributed by atoms with van der Waals surface area (Å²) in [4.78, 5) is 27.5. The molecule has 5 rings (SSSR count). The van der Waals surface area contributed by atoms with Gasteiger partial charge in [-0.2, -0.15) is 0 Å². The molecule has 1 aliphatic carbocycles. The molecular formula is C25H26N2O3. The Morgan fingerprint density at radius 3 is 2.63 bits per heavy atom. The van der Waals surface area contributed by atoms with Crippen LogP contribution in [0.1, 0.15) is 51.9 Å². The Morgan fingerprint density at radius 1 is 1.07 bits per heavy atom. The van der Waals surface area contributed by atoms with E-state index in [1.54, 1.807) is 6.26 Å². The topological polar surface area (TPSA) is 62.6 Å². The Labute approximate surface area is 176 Å². The Bertz CT molecular complexity index is 1140. The van der Waals surface area contributed by atoms with Crippen LogP contribution in [0.15, 0.2) is 41.0 Å². The third-order valence-electron chi connectivity index (χ3n) is 6.45. The summed E-state index contributed by atoms with van der Waals surface area (Å²) in [6.45, 7) is 3.52. The minimum atomic E-state index is -0.105. The smallest absolute Gasteiger partial charge is 0.254 e. The van der Waals surface area contributed by atoms with Crippen molar-refractivity contribution in [1.82, 2.24) is 4.90 Å². The number of hydrogen-bond acceptors (Lipinski definition) is 3. The predicted octanol–water partition coefficient (Wildman–Crippen LogP) is 4.65. The number of furan rings is 1. The molecule has 5 heteroatoms. The van der Waals surface area contributed by atoms with E-state index in [1.165, 1.54) is 17.5 Å². The van der Waals surface area contributed by atoms with E-state index in [2.05, 4.69) is 17.4 Å². The fraction of sp³-hybridized carbons (Fsp3) is 0.360. The minimum Gasteiger partial charge on any atom is -0.464 e. The molecule has 0 spiro atoms. The number of carbonyl (C=O) groups excluding carboxylic acids is 2. The summed E-state index contributed by atoms with van der Waals surface area (Å²) in [6.07, 6.45) is 7.44. The Hall–Kier alpha value is -3.08. The van der Waals surface area contributed by atoms with Gasteiger partial charge in [-0.25, -0.2) is 0 Å². The number of carbonyl (C=O) groups is 2. The van der Waals surface area contributed by atoms with Crippen molar-refractivity contribution in [3.63, 3.8) is 0 Å². The zero-order chi connectivity index (χ0) is 20.7. The highest BCUT2D eigenvalue weighted by Crippen LogP contribution is 2.31. The number of likely N-dealkylation sites (tertiary alicyclic amines) is 1. The molecule has 154 valence electrons. The van der Waals surface area contributed by atoms with Crippen molar-refractivity contribution in [3.8, 4) is 0 Å². The van der Waals surface area contributed by atoms with Crippen LogP contribution in [0.3, 0.4) is 0 Å². The third-order valence-corrected chi connectivity index (χ3v) is 6.45. The van der Waals surface area contributed by atoms with E-state index in [0.29, 0.717) is 11.3 Å². The van der Waals surface area contributed by atoms with Crippen molar-refractivity contribution >= 4 is 28.5 Å². The van der Waals surface area contributed by atoms with Crippen LogP contribution in [-0.2, 0) is 24.1 Å². The van der Waals surface area contributed by atoms with Crippen LogP contribution in [0.2, 0.25) is 0 Å². The van der Waals surface area contributed by atoms with Crippen LogP contribution >= 0.6 is 0 Å². The third kappa shape index (κ3) is 3.38. The quantitative estimate of drug-likeness (QED) is 0.691. The number of anilines is 1. The second-order valence-electron chi connectivity index (χ2n) is 8.43. The largest absolute Gasteiger partial charge is 0.464 e. The highest BCUT2D eigenvalue weighted by Gasteiger charge is 2.22. The minimum absolute atomic E-state index is 0.0517. The molecule has 1 aromatic heterocycles. The van der Waals surface area contributed by atoms with Gasteiger partial charge in [0.25, 0.3) is 5.91 Å². The summed E-state index contributed by atoms with van der Waals surface area (Å²) in [6, 6.07) is 9.84. The first-order chi connectivity index (χ1) is 14.6. The van der Waals surface area contributed by atoms with Crippen LogP contribution < -0.4 is 5.32 Å². The van der Waals surface area contributed by atoms with Gasteiger partial charge in [0.2, 0.25) is 5.91 Å². The number of aryl methyl sites for hydroxylation is 2. The molecule has 2 aromatic carbocycles. The van der Waals surface area contributed by atoms with Gasteiger partial charge in [0.1, 0.15) is 5.58 Å². The highest BCUT2D eigenvalue weighted by atomic mass is 16.3. The molecule has 0 unspecified atom stereocenters. The molecule has 2 heterocycles. The Morgan fingerprint density at radius 2 is 1.83 bits per heavy atom. The van der Waals surface area contributed by atoms with Gasteiger partial charge >= 0.3 is 0 Å². The molecule has 0 bridgehead atoms. The number of nitrogens with one attached hydrogen (secondary N) is 1. The van der Waals surface area contributed by atoms with E-state index >= 15 is 0 Å². The number of fused-ring (bicyclic) bond motifs is 2. The Balaban J connectivity index is 1.34. The van der Waals surface area contributed by atoms with Crippen LogP contribution in [0, 0.1) is 6.92 Å². The van der Waals surface area contributed by atoms with Crippen molar-refractivity contribution in [2.75, 3.05) is 18.4 Å². The fourth-order valence-electron chi connectivity index (χ4n) is 4.75. The van der Waals surface area contributed by atoms with Crippen molar-refractivity contribution in [1.29, 1.82) is 0 Å². The molecule has 30 heavy (non-hydrogen) atoms. The van der Waals surface area contributed by atoms with E-state index in [9.17, 15) is 9.59 Å². The maximum Gasteiger partial charge on any atom is 0.254 e. The lowest BCUT2D eigenvalue weighted by Gasteiger charge is -2.18. The molecule has 5 nitrogen and oxygen atoms in total. The molecule has 1 saturated heterocycles. The van der Waals surface area contributed by atoms with Crippen LogP contribution in [0.5, 0.6) is 0 Å². The molecule has 0 atom stereocenters. The monoisotopic (exact) mass is 402 g/mol. The summed E-state index contributed by atoms with van der Waals surface area (Å²) in [5.74, 6) is -0.0529. The van der Waals surface area contributed by atoms with Crippen molar-refractivity contribution in [2.24, 2.45) is 0 Å². The van der Waals surface area contributed by atoms with Crippen LogP contribution in [-0.4, -0.2) is 29.8 Å². The first-order valence-corrected chi connectivity index (χ1v) is 10.8. The fourth-order valence-corrected chi connectivity index (χ4v) is 4.75. The lowest BCUT2D eigenvalue weighted by molar-refractivity contribution is -0.115. The summed E-state index contributed by atoms with van der Waals surface area (Å²) >= 11 is 0. The molecule has 0 saturated carbocycles. The van der Waals surface area contributed by atoms with Gasteiger partial charge in [-0.3, -0.25) is 9.59 Å². The lowest BCUT2D eigenvalue weighted by atomic mass is 10.0. The van der Waals surface area contributed by atoms with Gasteiger partial charge in [0, 0.05) is 35.3 Å². The average Bonchev–Trinajstić information content (AvgIpc) is 3.49. The van der Waals surface area contributed by atoms with Crippen molar-refractivity contribution in [2.45, 2.75) is 45.4 Å². The zero-order valence-corrected chi connectivity index (χ0v) is 17.3. The van der Waals surface area contributed by atoms with Crippen LogP contribution in [0.25, 0.3) is 11.0 Å². The van der Waals surface area contributed by atoms with Gasteiger partial charge in [-0.15, -0.1) is 0 Å².